The molecule has 2 heteroatoms. The molecule has 0 heterocycles. The molecule has 0 saturated heterocycles. The van der Waals surface area contributed by atoms with Crippen LogP contribution in [0.5, 0.6) is 0 Å². The van der Waals surface area contributed by atoms with Gasteiger partial charge in [-0.05, 0) is 30.0 Å². The minimum absolute atomic E-state index is 0.131. The Labute approximate surface area is 70.2 Å². The summed E-state index contributed by atoms with van der Waals surface area (Å²) in [6.07, 6.45) is 1.84. The van der Waals surface area contributed by atoms with Crippen LogP contribution in [0.25, 0.3) is 0 Å². The van der Waals surface area contributed by atoms with E-state index in [2.05, 4.69) is 0 Å². The molecule has 0 amide bonds. The molecule has 1 saturated carbocycles. The van der Waals surface area contributed by atoms with Crippen molar-refractivity contribution in [2.75, 3.05) is 0 Å². The molecular weight excluding hydrogens is 155 g/mol. The monoisotopic (exact) mass is 164 g/mol. The third kappa shape index (κ3) is 1.24. The highest BCUT2D eigenvalue weighted by Crippen LogP contribution is 2.45. The van der Waals surface area contributed by atoms with Crippen molar-refractivity contribution < 1.29 is 9.18 Å². The van der Waals surface area contributed by atoms with Gasteiger partial charge in [-0.1, -0.05) is 12.1 Å². The standard InChI is InChI=1S/C10H9FO/c11-9-3-1-2-7(4-9)10-5-8(10)6-12/h1-4,6,8,10H,5H2/t8-,10+/m1/s1. The van der Waals surface area contributed by atoms with Crippen molar-refractivity contribution >= 4 is 6.29 Å². The first kappa shape index (κ1) is 7.47. The van der Waals surface area contributed by atoms with E-state index in [1.165, 1.54) is 12.1 Å². The average molecular weight is 164 g/mol. The fourth-order valence-corrected chi connectivity index (χ4v) is 1.49. The summed E-state index contributed by atoms with van der Waals surface area (Å²) in [6.45, 7) is 0. The number of aldehydes is 1. The third-order valence-electron chi connectivity index (χ3n) is 2.29. The van der Waals surface area contributed by atoms with Crippen molar-refractivity contribution in [3.05, 3.63) is 35.6 Å². The number of carbonyl (C=O) groups is 1. The summed E-state index contributed by atoms with van der Waals surface area (Å²) in [7, 11) is 0. The highest BCUT2D eigenvalue weighted by molar-refractivity contribution is 5.61. The Balaban J connectivity index is 2.19. The van der Waals surface area contributed by atoms with E-state index >= 15 is 0 Å². The molecule has 0 N–H and O–H groups in total. The molecular formula is C10H9FO. The molecule has 0 aliphatic heterocycles. The van der Waals surface area contributed by atoms with E-state index in [1.807, 2.05) is 6.07 Å². The molecule has 1 aromatic carbocycles. The van der Waals surface area contributed by atoms with Crippen LogP contribution in [-0.2, 0) is 4.79 Å². The van der Waals surface area contributed by atoms with Crippen molar-refractivity contribution in [2.45, 2.75) is 12.3 Å². The summed E-state index contributed by atoms with van der Waals surface area (Å²) >= 11 is 0. The second kappa shape index (κ2) is 2.70. The maximum absolute atomic E-state index is 12.7. The van der Waals surface area contributed by atoms with Crippen LogP contribution in [0.4, 0.5) is 4.39 Å². The van der Waals surface area contributed by atoms with Crippen LogP contribution in [0.1, 0.15) is 17.9 Å². The van der Waals surface area contributed by atoms with E-state index in [9.17, 15) is 9.18 Å². The molecule has 0 bridgehead atoms. The second-order valence-electron chi connectivity index (χ2n) is 3.20. The quantitative estimate of drug-likeness (QED) is 0.612. The molecule has 1 aliphatic rings. The molecule has 1 aliphatic carbocycles. The lowest BCUT2D eigenvalue weighted by molar-refractivity contribution is -0.108. The van der Waals surface area contributed by atoms with Crippen LogP contribution >= 0.6 is 0 Å². The van der Waals surface area contributed by atoms with Gasteiger partial charge < -0.3 is 4.79 Å². The zero-order valence-corrected chi connectivity index (χ0v) is 6.53. The Bertz CT molecular complexity index is 308. The molecule has 0 aromatic heterocycles. The highest BCUT2D eigenvalue weighted by atomic mass is 19.1. The van der Waals surface area contributed by atoms with Crippen molar-refractivity contribution in [1.29, 1.82) is 0 Å². The van der Waals surface area contributed by atoms with E-state index in [0.717, 1.165) is 18.3 Å². The summed E-state index contributed by atoms with van der Waals surface area (Å²) < 4.78 is 12.7. The lowest BCUT2D eigenvalue weighted by Gasteiger charge is -1.96. The topological polar surface area (TPSA) is 17.1 Å². The van der Waals surface area contributed by atoms with Crippen LogP contribution in [0.2, 0.25) is 0 Å². The zero-order valence-electron chi connectivity index (χ0n) is 6.53. The smallest absolute Gasteiger partial charge is 0.123 e. The van der Waals surface area contributed by atoms with Crippen LogP contribution in [0.15, 0.2) is 24.3 Å². The number of benzene rings is 1. The Hall–Kier alpha value is -1.18. The molecule has 2 rings (SSSR count). The van der Waals surface area contributed by atoms with Gasteiger partial charge in [0, 0.05) is 5.92 Å². The molecule has 1 aromatic rings. The minimum Gasteiger partial charge on any atom is -0.303 e. The van der Waals surface area contributed by atoms with Crippen LogP contribution in [-0.4, -0.2) is 6.29 Å². The van der Waals surface area contributed by atoms with Gasteiger partial charge in [-0.15, -0.1) is 0 Å². The van der Waals surface area contributed by atoms with Crippen LogP contribution in [0.3, 0.4) is 0 Å². The number of rotatable bonds is 2. The van der Waals surface area contributed by atoms with E-state index in [0.29, 0.717) is 0 Å². The first-order valence-corrected chi connectivity index (χ1v) is 4.02. The Morgan fingerprint density at radius 1 is 1.50 bits per heavy atom. The third-order valence-corrected chi connectivity index (χ3v) is 2.29. The van der Waals surface area contributed by atoms with Crippen LogP contribution < -0.4 is 0 Å². The molecule has 0 spiro atoms. The van der Waals surface area contributed by atoms with Gasteiger partial charge in [0.1, 0.15) is 12.1 Å². The average Bonchev–Trinajstić information content (AvgIpc) is 2.83. The van der Waals surface area contributed by atoms with Crippen molar-refractivity contribution in [3.8, 4) is 0 Å². The maximum atomic E-state index is 12.7. The predicted molar refractivity (Wildman–Crippen MR) is 43.3 cm³/mol. The molecule has 2 atom stereocenters. The van der Waals surface area contributed by atoms with Gasteiger partial charge in [0.05, 0.1) is 0 Å². The van der Waals surface area contributed by atoms with Crippen molar-refractivity contribution in [1.82, 2.24) is 0 Å². The highest BCUT2D eigenvalue weighted by Gasteiger charge is 2.37. The Morgan fingerprint density at radius 2 is 2.33 bits per heavy atom. The second-order valence-corrected chi connectivity index (χ2v) is 3.20. The molecule has 12 heavy (non-hydrogen) atoms. The van der Waals surface area contributed by atoms with E-state index < -0.39 is 0 Å². The lowest BCUT2D eigenvalue weighted by atomic mass is 10.1. The maximum Gasteiger partial charge on any atom is 0.123 e. The minimum atomic E-state index is -0.218. The molecule has 62 valence electrons. The zero-order chi connectivity index (χ0) is 8.55. The molecule has 1 fully saturated rings. The molecule has 0 radical (unpaired) electrons. The molecule has 1 nitrogen and oxygen atoms in total. The van der Waals surface area contributed by atoms with Gasteiger partial charge in [0.15, 0.2) is 0 Å². The van der Waals surface area contributed by atoms with Crippen molar-refractivity contribution in [3.63, 3.8) is 0 Å². The van der Waals surface area contributed by atoms with Crippen molar-refractivity contribution in [2.24, 2.45) is 5.92 Å². The normalized spacial score (nSPS) is 26.8. The molecule has 0 unspecified atom stereocenters. The van der Waals surface area contributed by atoms with Gasteiger partial charge in [-0.25, -0.2) is 4.39 Å². The number of halogens is 1. The van der Waals surface area contributed by atoms with Gasteiger partial charge >= 0.3 is 0 Å². The Morgan fingerprint density at radius 3 is 2.92 bits per heavy atom. The summed E-state index contributed by atoms with van der Waals surface area (Å²) in [4.78, 5) is 10.3. The summed E-state index contributed by atoms with van der Waals surface area (Å²) in [6, 6.07) is 6.48. The predicted octanol–water partition coefficient (Wildman–Crippen LogP) is 2.13. The van der Waals surface area contributed by atoms with Gasteiger partial charge in [-0.3, -0.25) is 0 Å². The summed E-state index contributed by atoms with van der Waals surface area (Å²) in [5.41, 5.74) is 0.951. The largest absolute Gasteiger partial charge is 0.303 e. The first-order chi connectivity index (χ1) is 5.81. The van der Waals surface area contributed by atoms with E-state index in [-0.39, 0.29) is 17.7 Å². The number of carbonyl (C=O) groups excluding carboxylic acids is 1. The van der Waals surface area contributed by atoms with Gasteiger partial charge in [-0.2, -0.15) is 0 Å². The number of hydrogen-bond donors (Lipinski definition) is 0. The Kier molecular flexibility index (Phi) is 1.68. The van der Waals surface area contributed by atoms with Crippen LogP contribution in [0, 0.1) is 11.7 Å². The fraction of sp³-hybridized carbons (Fsp3) is 0.300. The number of hydrogen-bond acceptors (Lipinski definition) is 1. The summed E-state index contributed by atoms with van der Waals surface area (Å²) in [5, 5.41) is 0. The summed E-state index contributed by atoms with van der Waals surface area (Å²) in [5.74, 6) is 0.189. The van der Waals surface area contributed by atoms with Gasteiger partial charge in [0.25, 0.3) is 0 Å². The van der Waals surface area contributed by atoms with E-state index in [1.54, 1.807) is 6.07 Å². The van der Waals surface area contributed by atoms with Gasteiger partial charge in [0.2, 0.25) is 0 Å². The van der Waals surface area contributed by atoms with E-state index in [4.69, 9.17) is 0 Å². The first-order valence-electron chi connectivity index (χ1n) is 4.02. The lowest BCUT2D eigenvalue weighted by Crippen LogP contribution is -1.85. The fourth-order valence-electron chi connectivity index (χ4n) is 1.49. The SMILES string of the molecule is O=C[C@H]1C[C@H]1c1cccc(F)c1.